The molecule has 0 saturated heterocycles. The minimum absolute atomic E-state index is 0.177. The second-order valence-electron chi connectivity index (χ2n) is 6.27. The summed E-state index contributed by atoms with van der Waals surface area (Å²) in [6.07, 6.45) is 0.818. The molecule has 7 heteroatoms. The zero-order valence-electron chi connectivity index (χ0n) is 15.2. The van der Waals surface area contributed by atoms with E-state index in [9.17, 15) is 10.1 Å². The first-order chi connectivity index (χ1) is 13.6. The van der Waals surface area contributed by atoms with Gasteiger partial charge < -0.3 is 0 Å². The van der Waals surface area contributed by atoms with Gasteiger partial charge in [-0.15, -0.1) is 0 Å². The van der Waals surface area contributed by atoms with Crippen molar-refractivity contribution in [3.05, 3.63) is 63.4 Å². The highest BCUT2D eigenvalue weighted by atomic mass is 35.5. The average Bonchev–Trinajstić information content (AvgIpc) is 2.71. The molecule has 140 valence electrons. The van der Waals surface area contributed by atoms with Crippen LogP contribution in [0.2, 0.25) is 5.02 Å². The molecule has 5 nitrogen and oxygen atoms in total. The van der Waals surface area contributed by atoms with Gasteiger partial charge in [0.2, 0.25) is 0 Å². The Hall–Kier alpha value is -2.80. The molecule has 1 aromatic heterocycles. The first-order valence-corrected chi connectivity index (χ1v) is 10.1. The normalized spacial score (nSPS) is 11.7. The zero-order chi connectivity index (χ0) is 20.1. The third-order valence-electron chi connectivity index (χ3n) is 4.43. The number of para-hydroxylation sites is 1. The second-order valence-corrected chi connectivity index (χ2v) is 7.66. The smallest absolute Gasteiger partial charge is 0.266 e. The van der Waals surface area contributed by atoms with Crippen molar-refractivity contribution in [1.82, 2.24) is 9.55 Å². The van der Waals surface area contributed by atoms with E-state index in [-0.39, 0.29) is 11.5 Å². The highest BCUT2D eigenvalue weighted by molar-refractivity contribution is 7.99. The molecule has 2 aromatic carbocycles. The summed E-state index contributed by atoms with van der Waals surface area (Å²) >= 11 is 7.62. The Kier molecular flexibility index (Phi) is 6.36. The van der Waals surface area contributed by atoms with Gasteiger partial charge in [-0.1, -0.05) is 41.6 Å². The SMILES string of the molecule is Cc1c(Cl)cccc1-n1c(SC[C@H](C#N)CCC#N)nc2ccccc2c1=O. The molecule has 3 aromatic rings. The Labute approximate surface area is 172 Å². The number of halogens is 1. The number of aromatic nitrogens is 2. The number of nitrogens with zero attached hydrogens (tertiary/aromatic N) is 4. The number of hydrogen-bond acceptors (Lipinski definition) is 5. The van der Waals surface area contributed by atoms with Crippen molar-refractivity contribution in [2.24, 2.45) is 5.92 Å². The Morgan fingerprint density at radius 2 is 2.00 bits per heavy atom. The predicted octanol–water partition coefficient (Wildman–Crippen LogP) is 4.88. The first-order valence-electron chi connectivity index (χ1n) is 8.73. The molecule has 28 heavy (non-hydrogen) atoms. The average molecular weight is 409 g/mol. The van der Waals surface area contributed by atoms with Gasteiger partial charge in [0.15, 0.2) is 5.16 Å². The summed E-state index contributed by atoms with van der Waals surface area (Å²) < 4.78 is 1.56. The van der Waals surface area contributed by atoms with E-state index in [4.69, 9.17) is 16.9 Å². The molecule has 0 fully saturated rings. The number of hydrogen-bond donors (Lipinski definition) is 0. The van der Waals surface area contributed by atoms with Crippen molar-refractivity contribution in [1.29, 1.82) is 10.5 Å². The molecule has 0 amide bonds. The van der Waals surface area contributed by atoms with E-state index >= 15 is 0 Å². The van der Waals surface area contributed by atoms with Crippen LogP contribution in [0, 0.1) is 35.5 Å². The van der Waals surface area contributed by atoms with Crippen LogP contribution in [0.1, 0.15) is 18.4 Å². The molecular formula is C21H17ClN4OS. The lowest BCUT2D eigenvalue weighted by molar-refractivity contribution is 0.682. The predicted molar refractivity (Wildman–Crippen MR) is 112 cm³/mol. The fraction of sp³-hybridized carbons (Fsp3) is 0.238. The fourth-order valence-electron chi connectivity index (χ4n) is 2.86. The lowest BCUT2D eigenvalue weighted by atomic mass is 10.1. The number of fused-ring (bicyclic) bond motifs is 1. The third-order valence-corrected chi connectivity index (χ3v) is 5.94. The molecule has 0 spiro atoms. The maximum atomic E-state index is 13.3. The summed E-state index contributed by atoms with van der Waals surface area (Å²) in [6.45, 7) is 1.86. The lowest BCUT2D eigenvalue weighted by Gasteiger charge is -2.16. The van der Waals surface area contributed by atoms with Crippen LogP contribution in [0.5, 0.6) is 0 Å². The van der Waals surface area contributed by atoms with Gasteiger partial charge in [-0.25, -0.2) is 4.98 Å². The van der Waals surface area contributed by atoms with Crippen molar-refractivity contribution >= 4 is 34.3 Å². The highest BCUT2D eigenvalue weighted by Gasteiger charge is 2.17. The van der Waals surface area contributed by atoms with E-state index in [1.807, 2.05) is 19.1 Å². The van der Waals surface area contributed by atoms with Crippen molar-refractivity contribution in [2.75, 3.05) is 5.75 Å². The summed E-state index contributed by atoms with van der Waals surface area (Å²) in [6, 6.07) is 16.9. The molecule has 3 rings (SSSR count). The number of benzene rings is 2. The van der Waals surface area contributed by atoms with Gasteiger partial charge in [0, 0.05) is 17.2 Å². The molecular weight excluding hydrogens is 392 g/mol. The summed E-state index contributed by atoms with van der Waals surface area (Å²) in [4.78, 5) is 17.9. The molecule has 0 aliphatic rings. The van der Waals surface area contributed by atoms with Crippen molar-refractivity contribution in [3.8, 4) is 17.8 Å². The number of thioether (sulfide) groups is 1. The molecule has 1 atom stereocenters. The van der Waals surface area contributed by atoms with E-state index in [1.165, 1.54) is 11.8 Å². The largest absolute Gasteiger partial charge is 0.268 e. The summed E-state index contributed by atoms with van der Waals surface area (Å²) in [5, 5.41) is 19.7. The van der Waals surface area contributed by atoms with Gasteiger partial charge in [-0.3, -0.25) is 9.36 Å². The van der Waals surface area contributed by atoms with Crippen molar-refractivity contribution < 1.29 is 0 Å². The molecule has 1 heterocycles. The maximum Gasteiger partial charge on any atom is 0.266 e. The van der Waals surface area contributed by atoms with Crippen LogP contribution in [0.3, 0.4) is 0 Å². The molecule has 0 radical (unpaired) electrons. The molecule has 0 aliphatic heterocycles. The van der Waals surface area contributed by atoms with Gasteiger partial charge in [0.25, 0.3) is 5.56 Å². The molecule has 0 aliphatic carbocycles. The monoisotopic (exact) mass is 408 g/mol. The molecule has 0 saturated carbocycles. The summed E-state index contributed by atoms with van der Waals surface area (Å²) in [5.74, 6) is 0.157. The van der Waals surface area contributed by atoms with Crippen LogP contribution in [0.25, 0.3) is 16.6 Å². The van der Waals surface area contributed by atoms with E-state index < -0.39 is 0 Å². The van der Waals surface area contributed by atoms with Crippen LogP contribution in [0.4, 0.5) is 0 Å². The Balaban J connectivity index is 2.13. The van der Waals surface area contributed by atoms with E-state index in [1.54, 1.807) is 34.9 Å². The lowest BCUT2D eigenvalue weighted by Crippen LogP contribution is -2.23. The topological polar surface area (TPSA) is 82.5 Å². The highest BCUT2D eigenvalue weighted by Crippen LogP contribution is 2.28. The fourth-order valence-corrected chi connectivity index (χ4v) is 4.09. The molecule has 0 bridgehead atoms. The van der Waals surface area contributed by atoms with Crippen LogP contribution in [-0.4, -0.2) is 15.3 Å². The van der Waals surface area contributed by atoms with Crippen molar-refractivity contribution in [3.63, 3.8) is 0 Å². The van der Waals surface area contributed by atoms with Crippen LogP contribution in [0.15, 0.2) is 52.4 Å². The standard InChI is InChI=1S/C21H17ClN4OS/c1-14-17(22)8-4-10-19(14)26-20(27)16-7-2-3-9-18(16)25-21(26)28-13-15(12-24)6-5-11-23/h2-4,7-10,15H,5-6,13H2,1H3/t15-/m0/s1. The van der Waals surface area contributed by atoms with Gasteiger partial charge >= 0.3 is 0 Å². The van der Waals surface area contributed by atoms with Crippen LogP contribution >= 0.6 is 23.4 Å². The minimum Gasteiger partial charge on any atom is -0.268 e. The first kappa shape index (κ1) is 19.9. The second kappa shape index (κ2) is 8.93. The maximum absolute atomic E-state index is 13.3. The molecule has 0 unspecified atom stereocenters. The van der Waals surface area contributed by atoms with Gasteiger partial charge in [-0.05, 0) is 43.2 Å². The summed E-state index contributed by atoms with van der Waals surface area (Å²) in [7, 11) is 0. The Morgan fingerprint density at radius 3 is 2.75 bits per heavy atom. The van der Waals surface area contributed by atoms with Gasteiger partial charge in [-0.2, -0.15) is 10.5 Å². The zero-order valence-corrected chi connectivity index (χ0v) is 16.8. The van der Waals surface area contributed by atoms with Crippen LogP contribution in [-0.2, 0) is 0 Å². The van der Waals surface area contributed by atoms with E-state index in [2.05, 4.69) is 17.1 Å². The van der Waals surface area contributed by atoms with E-state index in [0.29, 0.717) is 45.4 Å². The number of nitriles is 2. The van der Waals surface area contributed by atoms with Gasteiger partial charge in [0.1, 0.15) is 0 Å². The number of rotatable bonds is 6. The summed E-state index contributed by atoms with van der Waals surface area (Å²) in [5.41, 5.74) is 1.88. The van der Waals surface area contributed by atoms with Gasteiger partial charge in [0.05, 0.1) is 34.6 Å². The van der Waals surface area contributed by atoms with Crippen LogP contribution < -0.4 is 5.56 Å². The molecule has 0 N–H and O–H groups in total. The Bertz CT molecular complexity index is 1160. The van der Waals surface area contributed by atoms with Crippen molar-refractivity contribution in [2.45, 2.75) is 24.9 Å². The minimum atomic E-state index is -0.290. The van der Waals surface area contributed by atoms with E-state index in [0.717, 1.165) is 5.56 Å². The quantitative estimate of drug-likeness (QED) is 0.428. The third kappa shape index (κ3) is 4.04. The Morgan fingerprint density at radius 1 is 1.21 bits per heavy atom.